The highest BCUT2D eigenvalue weighted by Gasteiger charge is 2.49. The maximum absolute atomic E-state index is 14.0. The van der Waals surface area contributed by atoms with Gasteiger partial charge < -0.3 is 4.74 Å². The van der Waals surface area contributed by atoms with Crippen molar-refractivity contribution < 1.29 is 24.0 Å². The zero-order valence-electron chi connectivity index (χ0n) is 19.8. The van der Waals surface area contributed by atoms with Crippen LogP contribution in [-0.4, -0.2) is 22.3 Å². The quantitative estimate of drug-likeness (QED) is 0.117. The van der Waals surface area contributed by atoms with Crippen LogP contribution in [-0.2, 0) is 0 Å². The van der Waals surface area contributed by atoms with Crippen LogP contribution >= 0.6 is 11.6 Å². The van der Waals surface area contributed by atoms with Crippen LogP contribution in [0, 0.1) is 22.0 Å². The van der Waals surface area contributed by atoms with E-state index in [0.717, 1.165) is 0 Å². The molecule has 0 fully saturated rings. The Morgan fingerprint density at radius 3 is 1.95 bits per heavy atom. The van der Waals surface area contributed by atoms with Crippen molar-refractivity contribution in [1.82, 2.24) is 0 Å². The lowest BCUT2D eigenvalue weighted by Gasteiger charge is -2.36. The topological polar surface area (TPSA) is 104 Å². The number of benzene rings is 4. The van der Waals surface area contributed by atoms with E-state index in [1.807, 2.05) is 6.07 Å². The number of hydrogen-bond acceptors (Lipinski definition) is 6. The van der Waals surface area contributed by atoms with Gasteiger partial charge in [-0.05, 0) is 54.1 Å². The average Bonchev–Trinajstić information content (AvgIpc) is 2.95. The zero-order valence-corrected chi connectivity index (χ0v) is 20.6. The number of hydrogen-bond donors (Lipinski definition) is 0. The van der Waals surface area contributed by atoms with Crippen molar-refractivity contribution >= 4 is 34.6 Å². The number of carbonyl (C=O) groups is 3. The number of halogens is 1. The fraction of sp³-hybridized carbons (Fsp3) is 0.100. The summed E-state index contributed by atoms with van der Waals surface area (Å²) < 4.78 is 6.29. The molecule has 0 bridgehead atoms. The first-order valence-corrected chi connectivity index (χ1v) is 12.2. The Labute approximate surface area is 222 Å². The summed E-state index contributed by atoms with van der Waals surface area (Å²) in [5, 5.41) is 11.5. The number of nitro groups is 1. The van der Waals surface area contributed by atoms with E-state index in [2.05, 4.69) is 0 Å². The first-order chi connectivity index (χ1) is 18.3. The van der Waals surface area contributed by atoms with Crippen LogP contribution in [0.15, 0.2) is 103 Å². The van der Waals surface area contributed by atoms with E-state index in [4.69, 9.17) is 16.3 Å². The first-order valence-electron chi connectivity index (χ1n) is 11.8. The lowest BCUT2D eigenvalue weighted by Crippen LogP contribution is -2.43. The van der Waals surface area contributed by atoms with Gasteiger partial charge in [0.2, 0.25) is 0 Å². The average molecular weight is 526 g/mol. The summed E-state index contributed by atoms with van der Waals surface area (Å²) in [6, 6.07) is 26.7. The normalized spacial score (nSPS) is 17.1. The van der Waals surface area contributed by atoms with Crippen molar-refractivity contribution in [1.29, 1.82) is 0 Å². The first kappa shape index (κ1) is 25.0. The summed E-state index contributed by atoms with van der Waals surface area (Å²) in [5.74, 6) is -3.91. The second-order valence-electron chi connectivity index (χ2n) is 8.85. The molecule has 8 heteroatoms. The molecule has 4 aromatic carbocycles. The predicted molar refractivity (Wildman–Crippen MR) is 141 cm³/mol. The lowest BCUT2D eigenvalue weighted by atomic mass is 9.71. The van der Waals surface area contributed by atoms with E-state index in [9.17, 15) is 24.5 Å². The van der Waals surface area contributed by atoms with E-state index in [1.54, 1.807) is 48.5 Å². The number of Topliss-reactive ketones (excluding diaryl/α,β-unsaturated/α-hetero) is 3. The monoisotopic (exact) mass is 525 g/mol. The third-order valence-corrected chi connectivity index (χ3v) is 6.83. The van der Waals surface area contributed by atoms with Gasteiger partial charge in [0, 0.05) is 28.3 Å². The van der Waals surface area contributed by atoms with Crippen LogP contribution in [0.5, 0.6) is 5.75 Å². The highest BCUT2D eigenvalue weighted by molar-refractivity contribution is 6.30. The molecule has 4 aromatic rings. The third kappa shape index (κ3) is 4.71. The number of nitrogens with zero attached hydrogens (tertiary/aromatic N) is 1. The minimum atomic E-state index is -1.47. The molecule has 0 aliphatic carbocycles. The minimum Gasteiger partial charge on any atom is -0.484 e. The van der Waals surface area contributed by atoms with Gasteiger partial charge in [-0.25, -0.2) is 0 Å². The minimum absolute atomic E-state index is 0.0707. The Balaban J connectivity index is 1.67. The number of fused-ring (bicyclic) bond motifs is 1. The van der Waals surface area contributed by atoms with Crippen molar-refractivity contribution in [2.75, 3.05) is 0 Å². The molecule has 188 valence electrons. The summed E-state index contributed by atoms with van der Waals surface area (Å²) in [5.41, 5.74) is 0.977. The Bertz CT molecular complexity index is 1530. The van der Waals surface area contributed by atoms with Gasteiger partial charge in [0.1, 0.15) is 11.9 Å². The van der Waals surface area contributed by atoms with Gasteiger partial charge in [-0.3, -0.25) is 24.5 Å². The fourth-order valence-corrected chi connectivity index (χ4v) is 4.84. The molecule has 0 radical (unpaired) electrons. The fourth-order valence-electron chi connectivity index (χ4n) is 4.71. The van der Waals surface area contributed by atoms with Crippen LogP contribution in [0.4, 0.5) is 5.69 Å². The highest BCUT2D eigenvalue weighted by atomic mass is 35.5. The second kappa shape index (κ2) is 10.4. The Hall–Kier alpha value is -4.62. The van der Waals surface area contributed by atoms with Crippen LogP contribution in [0.1, 0.15) is 42.7 Å². The Morgan fingerprint density at radius 1 is 0.789 bits per heavy atom. The van der Waals surface area contributed by atoms with Crippen molar-refractivity contribution in [3.05, 3.63) is 141 Å². The number of carbonyl (C=O) groups excluding carboxylic acids is 3. The standard InChI is InChI=1S/C30H20ClNO6/c31-21-14-10-18(11-15-21)27(33)25(28(34)19-12-16-22(17-13-19)32(36)37)26-29(35)23-8-4-5-9-24(23)38-30(26)20-6-2-1-3-7-20/h1-17,25-26,30H. The molecule has 7 nitrogen and oxygen atoms in total. The van der Waals surface area contributed by atoms with Crippen LogP contribution < -0.4 is 4.74 Å². The summed E-state index contributed by atoms with van der Waals surface area (Å²) in [7, 11) is 0. The molecular formula is C30H20ClNO6. The molecule has 1 heterocycles. The Morgan fingerprint density at radius 2 is 1.34 bits per heavy atom. The molecule has 0 spiro atoms. The number of nitro benzene ring substituents is 1. The number of rotatable bonds is 7. The van der Waals surface area contributed by atoms with Crippen molar-refractivity contribution in [3.8, 4) is 5.75 Å². The molecule has 1 aliphatic heterocycles. The van der Waals surface area contributed by atoms with Gasteiger partial charge in [0.05, 0.1) is 22.3 Å². The van der Waals surface area contributed by atoms with E-state index < -0.39 is 40.2 Å². The molecule has 0 amide bonds. The number of non-ortho nitro benzene ring substituents is 1. The van der Waals surface area contributed by atoms with E-state index in [-0.39, 0.29) is 22.4 Å². The Kier molecular flexibility index (Phi) is 6.85. The summed E-state index contributed by atoms with van der Waals surface area (Å²) in [4.78, 5) is 52.6. The maximum Gasteiger partial charge on any atom is 0.269 e. The maximum atomic E-state index is 14.0. The van der Waals surface area contributed by atoms with Gasteiger partial charge in [-0.15, -0.1) is 0 Å². The molecule has 0 aromatic heterocycles. The van der Waals surface area contributed by atoms with Gasteiger partial charge in [-0.1, -0.05) is 54.1 Å². The lowest BCUT2D eigenvalue weighted by molar-refractivity contribution is -0.384. The van der Waals surface area contributed by atoms with E-state index in [1.165, 1.54) is 48.5 Å². The summed E-state index contributed by atoms with van der Waals surface area (Å²) in [6.07, 6.45) is -0.929. The molecule has 3 atom stereocenters. The molecule has 0 N–H and O–H groups in total. The summed E-state index contributed by atoms with van der Waals surface area (Å²) in [6.45, 7) is 0. The number of ketones is 3. The van der Waals surface area contributed by atoms with Crippen LogP contribution in [0.3, 0.4) is 0 Å². The molecule has 3 unspecified atom stereocenters. The van der Waals surface area contributed by atoms with E-state index >= 15 is 0 Å². The van der Waals surface area contributed by atoms with Gasteiger partial charge in [0.15, 0.2) is 17.3 Å². The highest BCUT2D eigenvalue weighted by Crippen LogP contribution is 2.44. The van der Waals surface area contributed by atoms with Crippen molar-refractivity contribution in [2.45, 2.75) is 6.10 Å². The molecule has 38 heavy (non-hydrogen) atoms. The largest absolute Gasteiger partial charge is 0.484 e. The number of para-hydroxylation sites is 1. The molecular weight excluding hydrogens is 506 g/mol. The van der Waals surface area contributed by atoms with Gasteiger partial charge in [-0.2, -0.15) is 0 Å². The molecule has 5 rings (SSSR count). The second-order valence-corrected chi connectivity index (χ2v) is 9.29. The van der Waals surface area contributed by atoms with Gasteiger partial charge in [0.25, 0.3) is 5.69 Å². The van der Waals surface area contributed by atoms with Crippen LogP contribution in [0.2, 0.25) is 5.02 Å². The molecule has 0 saturated carbocycles. The predicted octanol–water partition coefficient (Wildman–Crippen LogP) is 6.56. The van der Waals surface area contributed by atoms with Gasteiger partial charge >= 0.3 is 0 Å². The van der Waals surface area contributed by atoms with Crippen molar-refractivity contribution in [2.24, 2.45) is 11.8 Å². The van der Waals surface area contributed by atoms with E-state index in [0.29, 0.717) is 16.3 Å². The smallest absolute Gasteiger partial charge is 0.269 e. The third-order valence-electron chi connectivity index (χ3n) is 6.58. The summed E-state index contributed by atoms with van der Waals surface area (Å²) >= 11 is 6.02. The van der Waals surface area contributed by atoms with Crippen LogP contribution in [0.25, 0.3) is 0 Å². The molecule has 1 aliphatic rings. The molecule has 0 saturated heterocycles. The van der Waals surface area contributed by atoms with Crippen molar-refractivity contribution in [3.63, 3.8) is 0 Å². The zero-order chi connectivity index (χ0) is 26.8. The SMILES string of the molecule is O=C(c1ccc(Cl)cc1)C(C(=O)c1ccc([N+](=O)[O-])cc1)C1C(=O)c2ccccc2OC1c1ccccc1. The number of ether oxygens (including phenoxy) is 1.